The van der Waals surface area contributed by atoms with Gasteiger partial charge in [-0.05, 0) is 13.8 Å². The van der Waals surface area contributed by atoms with Crippen LogP contribution in [0.15, 0.2) is 0 Å². The Morgan fingerprint density at radius 3 is 3.00 bits per heavy atom. The first-order chi connectivity index (χ1) is 9.54. The summed E-state index contributed by atoms with van der Waals surface area (Å²) in [5.41, 5.74) is 0. The minimum atomic E-state index is -0.281. The zero-order chi connectivity index (χ0) is 14.5. The number of carbonyl (C=O) groups excluding carboxylic acids is 1. The summed E-state index contributed by atoms with van der Waals surface area (Å²) >= 11 is 0. The van der Waals surface area contributed by atoms with Gasteiger partial charge < -0.3 is 10.1 Å². The van der Waals surface area contributed by atoms with Gasteiger partial charge in [0.2, 0.25) is 5.95 Å². The molecule has 8 heteroatoms. The lowest BCUT2D eigenvalue weighted by atomic mass is 10.3. The predicted octanol–water partition coefficient (Wildman–Crippen LogP) is -0.0343. The van der Waals surface area contributed by atoms with Crippen molar-refractivity contribution in [1.29, 1.82) is 0 Å². The van der Waals surface area contributed by atoms with Crippen LogP contribution in [0.1, 0.15) is 12.7 Å². The molecule has 0 saturated carbocycles. The summed E-state index contributed by atoms with van der Waals surface area (Å²) in [5.74, 6) is 1.07. The average Bonchev–Trinajstić information content (AvgIpc) is 2.68. The van der Waals surface area contributed by atoms with Gasteiger partial charge in [0.1, 0.15) is 5.82 Å². The normalized spacial score (nSPS) is 19.9. The van der Waals surface area contributed by atoms with Crippen LogP contribution in [-0.2, 0) is 11.8 Å². The lowest BCUT2D eigenvalue weighted by molar-refractivity contribution is -0.0174. The van der Waals surface area contributed by atoms with Crippen molar-refractivity contribution in [3.8, 4) is 0 Å². The molecule has 2 rings (SSSR count). The van der Waals surface area contributed by atoms with E-state index in [9.17, 15) is 4.79 Å². The topological polar surface area (TPSA) is 84.3 Å². The third-order valence-corrected chi connectivity index (χ3v) is 3.24. The molecule has 0 bridgehead atoms. The number of carbonyl (C=O) groups is 1. The minimum Gasteiger partial charge on any atom is -0.376 e. The molecule has 1 fully saturated rings. The second-order valence-corrected chi connectivity index (χ2v) is 4.97. The maximum Gasteiger partial charge on any atom is 0.321 e. The fourth-order valence-electron chi connectivity index (χ4n) is 2.08. The Morgan fingerprint density at radius 1 is 1.55 bits per heavy atom. The molecule has 0 aliphatic carbocycles. The number of morpholine rings is 1. The molecule has 0 spiro atoms. The molecule has 0 radical (unpaired) electrons. The van der Waals surface area contributed by atoms with Gasteiger partial charge in [-0.15, -0.1) is 5.10 Å². The Morgan fingerprint density at radius 2 is 2.35 bits per heavy atom. The Labute approximate surface area is 118 Å². The van der Waals surface area contributed by atoms with Crippen molar-refractivity contribution >= 4 is 12.0 Å². The second kappa shape index (κ2) is 6.67. The summed E-state index contributed by atoms with van der Waals surface area (Å²) in [4.78, 5) is 18.1. The standard InChI is InChI=1S/C12H22N6O2/c1-9-8-18(6-7-20-9)5-4-13-12(19)15-11-14-10(2)17(3)16-11/h9H,4-8H2,1-3H3,(H2,13,15,16,19). The monoisotopic (exact) mass is 282 g/mol. The molecule has 2 amide bonds. The molecular weight excluding hydrogens is 260 g/mol. The van der Waals surface area contributed by atoms with Gasteiger partial charge in [0.15, 0.2) is 0 Å². The minimum absolute atomic E-state index is 0.262. The molecule has 112 valence electrons. The second-order valence-electron chi connectivity index (χ2n) is 4.97. The quantitative estimate of drug-likeness (QED) is 0.810. The number of amides is 2. The van der Waals surface area contributed by atoms with Crippen molar-refractivity contribution in [2.75, 3.05) is 38.1 Å². The largest absolute Gasteiger partial charge is 0.376 e. The maximum atomic E-state index is 11.7. The molecular formula is C12H22N6O2. The molecule has 2 N–H and O–H groups in total. The number of hydrogen-bond acceptors (Lipinski definition) is 5. The first-order valence-electron chi connectivity index (χ1n) is 6.81. The van der Waals surface area contributed by atoms with Crippen molar-refractivity contribution in [2.45, 2.75) is 20.0 Å². The van der Waals surface area contributed by atoms with Crippen LogP contribution in [0, 0.1) is 6.92 Å². The highest BCUT2D eigenvalue weighted by Crippen LogP contribution is 2.03. The molecule has 0 aromatic carbocycles. The average molecular weight is 282 g/mol. The summed E-state index contributed by atoms with van der Waals surface area (Å²) in [6, 6.07) is -0.281. The predicted molar refractivity (Wildman–Crippen MR) is 74.6 cm³/mol. The van der Waals surface area contributed by atoms with Gasteiger partial charge in [-0.3, -0.25) is 14.9 Å². The van der Waals surface area contributed by atoms with Crippen molar-refractivity contribution in [1.82, 2.24) is 25.0 Å². The van der Waals surface area contributed by atoms with Gasteiger partial charge in [0, 0.05) is 33.2 Å². The molecule has 1 unspecified atom stereocenters. The number of nitrogens with zero attached hydrogens (tertiary/aromatic N) is 4. The van der Waals surface area contributed by atoms with Crippen LogP contribution >= 0.6 is 0 Å². The number of aryl methyl sites for hydroxylation is 2. The summed E-state index contributed by atoms with van der Waals surface area (Å²) in [6.45, 7) is 7.86. The van der Waals surface area contributed by atoms with E-state index in [4.69, 9.17) is 4.74 Å². The number of aromatic nitrogens is 3. The van der Waals surface area contributed by atoms with Crippen molar-refractivity contribution in [2.24, 2.45) is 7.05 Å². The highest BCUT2D eigenvalue weighted by atomic mass is 16.5. The summed E-state index contributed by atoms with van der Waals surface area (Å²) < 4.78 is 7.08. The highest BCUT2D eigenvalue weighted by Gasteiger charge is 2.16. The number of nitrogens with one attached hydrogen (secondary N) is 2. The molecule has 1 atom stereocenters. The van der Waals surface area contributed by atoms with E-state index in [1.807, 2.05) is 6.92 Å². The number of anilines is 1. The van der Waals surface area contributed by atoms with E-state index in [0.717, 1.165) is 32.1 Å². The Kier molecular flexibility index (Phi) is 4.91. The fourth-order valence-corrected chi connectivity index (χ4v) is 2.08. The Hall–Kier alpha value is -1.67. The molecule has 2 heterocycles. The van der Waals surface area contributed by atoms with Crippen molar-refractivity contribution in [3.63, 3.8) is 0 Å². The molecule has 20 heavy (non-hydrogen) atoms. The first-order valence-corrected chi connectivity index (χ1v) is 6.81. The summed E-state index contributed by atoms with van der Waals surface area (Å²) in [5, 5.41) is 9.48. The van der Waals surface area contributed by atoms with Crippen LogP contribution < -0.4 is 10.6 Å². The van der Waals surface area contributed by atoms with E-state index in [-0.39, 0.29) is 12.1 Å². The van der Waals surface area contributed by atoms with Crippen molar-refractivity contribution < 1.29 is 9.53 Å². The number of hydrogen-bond donors (Lipinski definition) is 2. The van der Waals surface area contributed by atoms with E-state index in [1.165, 1.54) is 0 Å². The SMILES string of the molecule is Cc1nc(NC(=O)NCCN2CCOC(C)C2)nn1C. The van der Waals surface area contributed by atoms with Gasteiger partial charge in [-0.25, -0.2) is 4.79 Å². The van der Waals surface area contributed by atoms with Crippen LogP contribution in [0.25, 0.3) is 0 Å². The van der Waals surface area contributed by atoms with E-state index < -0.39 is 0 Å². The van der Waals surface area contributed by atoms with Gasteiger partial charge in [-0.1, -0.05) is 0 Å². The molecule has 1 aliphatic rings. The molecule has 1 saturated heterocycles. The van der Waals surface area contributed by atoms with Crippen molar-refractivity contribution in [3.05, 3.63) is 5.82 Å². The lowest BCUT2D eigenvalue weighted by Crippen LogP contribution is -2.45. The van der Waals surface area contributed by atoms with Crippen LogP contribution in [0.5, 0.6) is 0 Å². The van der Waals surface area contributed by atoms with Crippen LogP contribution in [-0.4, -0.2) is 64.6 Å². The van der Waals surface area contributed by atoms with E-state index >= 15 is 0 Å². The van der Waals surface area contributed by atoms with E-state index in [2.05, 4.69) is 32.5 Å². The lowest BCUT2D eigenvalue weighted by Gasteiger charge is -2.30. The van der Waals surface area contributed by atoms with E-state index in [0.29, 0.717) is 12.5 Å². The zero-order valence-electron chi connectivity index (χ0n) is 12.2. The Balaban J connectivity index is 1.67. The first kappa shape index (κ1) is 14.7. The Bertz CT molecular complexity index is 441. The molecule has 1 aliphatic heterocycles. The highest BCUT2D eigenvalue weighted by molar-refractivity contribution is 5.87. The third-order valence-electron chi connectivity index (χ3n) is 3.24. The van der Waals surface area contributed by atoms with Gasteiger partial charge in [0.05, 0.1) is 12.7 Å². The van der Waals surface area contributed by atoms with Gasteiger partial charge in [-0.2, -0.15) is 4.98 Å². The smallest absolute Gasteiger partial charge is 0.321 e. The summed E-state index contributed by atoms with van der Waals surface area (Å²) in [7, 11) is 1.78. The molecule has 8 nitrogen and oxygen atoms in total. The number of urea groups is 1. The number of rotatable bonds is 4. The van der Waals surface area contributed by atoms with Crippen LogP contribution in [0.2, 0.25) is 0 Å². The fraction of sp³-hybridized carbons (Fsp3) is 0.750. The summed E-state index contributed by atoms with van der Waals surface area (Å²) in [6.07, 6.45) is 0.262. The third kappa shape index (κ3) is 4.17. The molecule has 1 aromatic heterocycles. The van der Waals surface area contributed by atoms with Crippen LogP contribution in [0.4, 0.5) is 10.7 Å². The van der Waals surface area contributed by atoms with Crippen LogP contribution in [0.3, 0.4) is 0 Å². The maximum absolute atomic E-state index is 11.7. The van der Waals surface area contributed by atoms with Gasteiger partial charge >= 0.3 is 6.03 Å². The molecule has 1 aromatic rings. The van der Waals surface area contributed by atoms with Gasteiger partial charge in [0.25, 0.3) is 0 Å². The number of ether oxygens (including phenoxy) is 1. The van der Waals surface area contributed by atoms with E-state index in [1.54, 1.807) is 11.7 Å². The zero-order valence-corrected chi connectivity index (χ0v) is 12.2.